The molecule has 1 atom stereocenters. The van der Waals surface area contributed by atoms with Crippen LogP contribution in [0, 0.1) is 3.57 Å². The predicted molar refractivity (Wildman–Crippen MR) is 95.3 cm³/mol. The average molecular weight is 450 g/mol. The van der Waals surface area contributed by atoms with Gasteiger partial charge in [-0.15, -0.1) is 0 Å². The Morgan fingerprint density at radius 2 is 2.13 bits per heavy atom. The second kappa shape index (κ2) is 7.96. The van der Waals surface area contributed by atoms with Crippen LogP contribution in [-0.4, -0.2) is 48.8 Å². The van der Waals surface area contributed by atoms with Crippen LogP contribution in [0.15, 0.2) is 18.2 Å². The zero-order chi connectivity index (χ0) is 17.0. The lowest BCUT2D eigenvalue weighted by Crippen LogP contribution is -2.48. The van der Waals surface area contributed by atoms with E-state index in [9.17, 15) is 14.4 Å². The molecule has 2 rings (SSSR count). The summed E-state index contributed by atoms with van der Waals surface area (Å²) in [5.74, 6) is -0.766. The Morgan fingerprint density at radius 1 is 1.39 bits per heavy atom. The van der Waals surface area contributed by atoms with Crippen LogP contribution in [0.25, 0.3) is 0 Å². The van der Waals surface area contributed by atoms with Crippen LogP contribution in [-0.2, 0) is 9.59 Å². The SMILES string of the molecule is CNC(=O)C1CCCN1C(=O)CNC(=O)c1ccc(Cl)cc1I. The molecule has 6 nitrogen and oxygen atoms in total. The molecular weight excluding hydrogens is 433 g/mol. The molecule has 8 heteroatoms. The van der Waals surface area contributed by atoms with Gasteiger partial charge in [0, 0.05) is 22.2 Å². The average Bonchev–Trinajstić information content (AvgIpc) is 3.01. The largest absolute Gasteiger partial charge is 0.357 e. The minimum Gasteiger partial charge on any atom is -0.357 e. The number of hydrogen-bond acceptors (Lipinski definition) is 3. The molecule has 0 radical (unpaired) electrons. The lowest BCUT2D eigenvalue weighted by atomic mass is 10.2. The number of hydrogen-bond donors (Lipinski definition) is 2. The van der Waals surface area contributed by atoms with E-state index in [4.69, 9.17) is 11.6 Å². The molecule has 1 aromatic carbocycles. The number of rotatable bonds is 4. The Kier molecular flexibility index (Phi) is 6.23. The highest BCUT2D eigenvalue weighted by molar-refractivity contribution is 14.1. The molecule has 0 aromatic heterocycles. The molecule has 1 aliphatic rings. The number of carbonyl (C=O) groups excluding carboxylic acids is 3. The molecule has 3 amide bonds. The van der Waals surface area contributed by atoms with Crippen molar-refractivity contribution in [3.8, 4) is 0 Å². The summed E-state index contributed by atoms with van der Waals surface area (Å²) in [5.41, 5.74) is 0.465. The van der Waals surface area contributed by atoms with Crippen molar-refractivity contribution in [2.75, 3.05) is 20.1 Å². The second-order valence-corrected chi connectivity index (χ2v) is 6.76. The number of likely N-dealkylation sites (N-methyl/N-ethyl adjacent to an activating group) is 1. The van der Waals surface area contributed by atoms with E-state index in [0.29, 0.717) is 27.1 Å². The van der Waals surface area contributed by atoms with Crippen molar-refractivity contribution in [3.05, 3.63) is 32.4 Å². The number of likely N-dealkylation sites (tertiary alicyclic amines) is 1. The van der Waals surface area contributed by atoms with E-state index in [1.54, 1.807) is 25.2 Å². The minimum absolute atomic E-state index is 0.134. The summed E-state index contributed by atoms with van der Waals surface area (Å²) in [6.07, 6.45) is 1.43. The molecule has 0 bridgehead atoms. The lowest BCUT2D eigenvalue weighted by molar-refractivity contribution is -0.137. The molecule has 124 valence electrons. The maximum Gasteiger partial charge on any atom is 0.252 e. The molecule has 1 unspecified atom stereocenters. The van der Waals surface area contributed by atoms with Gasteiger partial charge in [0.05, 0.1) is 12.1 Å². The van der Waals surface area contributed by atoms with Gasteiger partial charge in [-0.05, 0) is 53.6 Å². The van der Waals surface area contributed by atoms with Gasteiger partial charge in [-0.1, -0.05) is 11.6 Å². The van der Waals surface area contributed by atoms with Crippen LogP contribution in [0.1, 0.15) is 23.2 Å². The third-order valence-corrected chi connectivity index (χ3v) is 4.83. The van der Waals surface area contributed by atoms with Crippen LogP contribution in [0.2, 0.25) is 5.02 Å². The van der Waals surface area contributed by atoms with Gasteiger partial charge in [0.2, 0.25) is 11.8 Å². The summed E-state index contributed by atoms with van der Waals surface area (Å²) < 4.78 is 0.712. The predicted octanol–water partition coefficient (Wildman–Crippen LogP) is 1.41. The molecular formula is C15H17ClIN3O3. The second-order valence-electron chi connectivity index (χ2n) is 5.17. The van der Waals surface area contributed by atoms with Gasteiger partial charge in [-0.2, -0.15) is 0 Å². The highest BCUT2D eigenvalue weighted by Crippen LogP contribution is 2.19. The Labute approximate surface area is 153 Å². The number of amides is 3. The third kappa shape index (κ3) is 4.35. The highest BCUT2D eigenvalue weighted by Gasteiger charge is 2.33. The third-order valence-electron chi connectivity index (χ3n) is 3.70. The number of carbonyl (C=O) groups is 3. The topological polar surface area (TPSA) is 78.5 Å². The summed E-state index contributed by atoms with van der Waals surface area (Å²) in [6.45, 7) is 0.399. The van der Waals surface area contributed by atoms with Gasteiger partial charge in [-0.25, -0.2) is 0 Å². The molecule has 1 aromatic rings. The van der Waals surface area contributed by atoms with Gasteiger partial charge < -0.3 is 15.5 Å². The number of halogens is 2. The Bertz CT molecular complexity index is 638. The molecule has 23 heavy (non-hydrogen) atoms. The van der Waals surface area contributed by atoms with Crippen molar-refractivity contribution in [2.24, 2.45) is 0 Å². The quantitative estimate of drug-likeness (QED) is 0.683. The summed E-state index contributed by atoms with van der Waals surface area (Å²) in [5, 5.41) is 5.71. The van der Waals surface area contributed by atoms with E-state index in [2.05, 4.69) is 10.6 Å². The molecule has 0 saturated carbocycles. The first-order chi connectivity index (χ1) is 10.9. The van der Waals surface area contributed by atoms with Gasteiger partial charge in [0.25, 0.3) is 5.91 Å². The molecule has 2 N–H and O–H groups in total. The van der Waals surface area contributed by atoms with Gasteiger partial charge in [0.15, 0.2) is 0 Å². The van der Waals surface area contributed by atoms with Gasteiger partial charge in [-0.3, -0.25) is 14.4 Å². The number of nitrogens with zero attached hydrogens (tertiary/aromatic N) is 1. The van der Waals surface area contributed by atoms with E-state index in [-0.39, 0.29) is 24.3 Å². The fraction of sp³-hybridized carbons (Fsp3) is 0.400. The zero-order valence-corrected chi connectivity index (χ0v) is 15.5. The molecule has 0 aliphatic carbocycles. The monoisotopic (exact) mass is 449 g/mol. The Balaban J connectivity index is 1.96. The first-order valence-electron chi connectivity index (χ1n) is 7.18. The Morgan fingerprint density at radius 3 is 2.78 bits per heavy atom. The van der Waals surface area contributed by atoms with E-state index in [0.717, 1.165) is 6.42 Å². The van der Waals surface area contributed by atoms with Crippen LogP contribution in [0.3, 0.4) is 0 Å². The summed E-state index contributed by atoms with van der Waals surface area (Å²) in [7, 11) is 1.55. The first kappa shape index (κ1) is 18.0. The van der Waals surface area contributed by atoms with Crippen molar-refractivity contribution in [3.63, 3.8) is 0 Å². The van der Waals surface area contributed by atoms with E-state index in [1.807, 2.05) is 22.6 Å². The van der Waals surface area contributed by atoms with Crippen LogP contribution in [0.5, 0.6) is 0 Å². The van der Waals surface area contributed by atoms with E-state index in [1.165, 1.54) is 4.90 Å². The molecule has 0 spiro atoms. The van der Waals surface area contributed by atoms with Crippen molar-refractivity contribution in [1.29, 1.82) is 0 Å². The fourth-order valence-corrected chi connectivity index (χ4v) is 3.65. The smallest absolute Gasteiger partial charge is 0.252 e. The fourth-order valence-electron chi connectivity index (χ4n) is 2.53. The van der Waals surface area contributed by atoms with Crippen molar-refractivity contribution < 1.29 is 14.4 Å². The zero-order valence-electron chi connectivity index (χ0n) is 12.6. The molecule has 1 saturated heterocycles. The van der Waals surface area contributed by atoms with Crippen molar-refractivity contribution >= 4 is 51.9 Å². The lowest BCUT2D eigenvalue weighted by Gasteiger charge is -2.23. The first-order valence-corrected chi connectivity index (χ1v) is 8.64. The maximum atomic E-state index is 12.3. The van der Waals surface area contributed by atoms with Crippen LogP contribution >= 0.6 is 34.2 Å². The van der Waals surface area contributed by atoms with Crippen molar-refractivity contribution in [2.45, 2.75) is 18.9 Å². The minimum atomic E-state index is -0.444. The summed E-state index contributed by atoms with van der Waals surface area (Å²) >= 11 is 7.88. The summed E-state index contributed by atoms with van der Waals surface area (Å²) in [6, 6.07) is 4.48. The summed E-state index contributed by atoms with van der Waals surface area (Å²) in [4.78, 5) is 37.7. The highest BCUT2D eigenvalue weighted by atomic mass is 127. The maximum absolute atomic E-state index is 12.3. The molecule has 1 aliphatic heterocycles. The van der Waals surface area contributed by atoms with Crippen LogP contribution < -0.4 is 10.6 Å². The Hall–Kier alpha value is -1.35. The standard InChI is InChI=1S/C15H17ClIN3O3/c1-18-15(23)12-3-2-6-20(12)13(21)8-19-14(22)10-5-4-9(16)7-11(10)17/h4-5,7,12H,2-3,6,8H2,1H3,(H,18,23)(H,19,22). The van der Waals surface area contributed by atoms with Crippen molar-refractivity contribution in [1.82, 2.24) is 15.5 Å². The molecule has 1 fully saturated rings. The van der Waals surface area contributed by atoms with E-state index >= 15 is 0 Å². The van der Waals surface area contributed by atoms with Gasteiger partial charge >= 0.3 is 0 Å². The normalized spacial score (nSPS) is 17.0. The molecule has 1 heterocycles. The van der Waals surface area contributed by atoms with Crippen LogP contribution in [0.4, 0.5) is 0 Å². The number of benzene rings is 1. The van der Waals surface area contributed by atoms with Gasteiger partial charge in [0.1, 0.15) is 6.04 Å². The number of nitrogens with one attached hydrogen (secondary N) is 2. The van der Waals surface area contributed by atoms with E-state index < -0.39 is 6.04 Å².